The average molecular weight is 402 g/mol. The molecular formula is C21H20ClNO5. The van der Waals surface area contributed by atoms with E-state index >= 15 is 0 Å². The zero-order valence-corrected chi connectivity index (χ0v) is 16.4. The Bertz CT molecular complexity index is 958. The molecule has 7 heteroatoms. The number of hydrogen-bond donors (Lipinski definition) is 0. The number of hydrogen-bond acceptors (Lipinski definition) is 5. The Morgan fingerprint density at radius 2 is 1.86 bits per heavy atom. The molecule has 3 rings (SSSR count). The zero-order valence-electron chi connectivity index (χ0n) is 15.6. The van der Waals surface area contributed by atoms with Crippen molar-refractivity contribution in [1.82, 2.24) is 4.57 Å². The maximum atomic E-state index is 12.5. The minimum Gasteiger partial charge on any atom is -0.482 e. The number of esters is 1. The van der Waals surface area contributed by atoms with Gasteiger partial charge in [-0.25, -0.2) is 4.79 Å². The number of nitrogens with zero attached hydrogens (tertiary/aromatic N) is 1. The molecule has 0 amide bonds. The molecule has 0 spiro atoms. The molecule has 0 bridgehead atoms. The number of aryl methyl sites for hydroxylation is 1. The van der Waals surface area contributed by atoms with Gasteiger partial charge in [-0.15, -0.1) is 0 Å². The third-order valence-corrected chi connectivity index (χ3v) is 4.55. The molecule has 0 radical (unpaired) electrons. The molecule has 3 aromatic rings. The van der Waals surface area contributed by atoms with Crippen LogP contribution in [-0.2, 0) is 16.1 Å². The minimum absolute atomic E-state index is 0.265. The van der Waals surface area contributed by atoms with Gasteiger partial charge in [-0.2, -0.15) is 0 Å². The van der Waals surface area contributed by atoms with Gasteiger partial charge >= 0.3 is 5.97 Å². The van der Waals surface area contributed by atoms with E-state index in [0.29, 0.717) is 22.9 Å². The van der Waals surface area contributed by atoms with E-state index in [1.54, 1.807) is 36.6 Å². The lowest BCUT2D eigenvalue weighted by Crippen LogP contribution is -2.20. The van der Waals surface area contributed by atoms with Crippen molar-refractivity contribution in [3.05, 3.63) is 76.5 Å². The summed E-state index contributed by atoms with van der Waals surface area (Å²) in [5, 5.41) is 0.574. The third-order valence-electron chi connectivity index (χ3n) is 4.30. The molecule has 2 aromatic heterocycles. The highest BCUT2D eigenvalue weighted by atomic mass is 35.5. The van der Waals surface area contributed by atoms with Gasteiger partial charge in [0.25, 0.3) is 0 Å². The first-order valence-electron chi connectivity index (χ1n) is 8.70. The maximum absolute atomic E-state index is 12.5. The third kappa shape index (κ3) is 4.84. The molecule has 0 atom stereocenters. The molecule has 0 aliphatic heterocycles. The van der Waals surface area contributed by atoms with E-state index in [1.807, 2.05) is 30.5 Å². The van der Waals surface area contributed by atoms with Gasteiger partial charge in [0.1, 0.15) is 11.5 Å². The summed E-state index contributed by atoms with van der Waals surface area (Å²) < 4.78 is 17.7. The second-order valence-corrected chi connectivity index (χ2v) is 6.71. The Kier molecular flexibility index (Phi) is 6.21. The quantitative estimate of drug-likeness (QED) is 0.418. The normalized spacial score (nSPS) is 10.7. The van der Waals surface area contributed by atoms with E-state index in [2.05, 4.69) is 0 Å². The predicted molar refractivity (Wildman–Crippen MR) is 104 cm³/mol. The minimum atomic E-state index is -0.618. The van der Waals surface area contributed by atoms with Crippen LogP contribution in [0.1, 0.15) is 27.5 Å². The highest BCUT2D eigenvalue weighted by molar-refractivity contribution is 6.30. The Balaban J connectivity index is 1.54. The Labute approximate surface area is 167 Å². The lowest BCUT2D eigenvalue weighted by atomic mass is 10.1. The van der Waals surface area contributed by atoms with Crippen molar-refractivity contribution in [2.45, 2.75) is 20.4 Å². The molecule has 0 aliphatic rings. The molecule has 0 unspecified atom stereocenters. The maximum Gasteiger partial charge on any atom is 0.344 e. The molecule has 28 heavy (non-hydrogen) atoms. The van der Waals surface area contributed by atoms with Crippen LogP contribution in [0, 0.1) is 13.8 Å². The highest BCUT2D eigenvalue weighted by Crippen LogP contribution is 2.18. The van der Waals surface area contributed by atoms with Crippen LogP contribution in [0.2, 0.25) is 5.02 Å². The smallest absolute Gasteiger partial charge is 0.344 e. The Hall–Kier alpha value is -2.99. The summed E-state index contributed by atoms with van der Waals surface area (Å²) in [6, 6.07) is 12.1. The van der Waals surface area contributed by atoms with Crippen molar-refractivity contribution in [2.75, 3.05) is 13.2 Å². The van der Waals surface area contributed by atoms with Gasteiger partial charge in [-0.3, -0.25) is 4.79 Å². The van der Waals surface area contributed by atoms with Crippen molar-refractivity contribution in [3.8, 4) is 5.75 Å². The Morgan fingerprint density at radius 1 is 1.11 bits per heavy atom. The SMILES string of the molecule is Cc1cc(C(=O)COC(=O)COc2ccc(Cl)cc2)c(C)n1Cc1ccco1. The first-order valence-corrected chi connectivity index (χ1v) is 9.08. The summed E-state index contributed by atoms with van der Waals surface area (Å²) in [5.74, 6) is 0.409. The first kappa shape index (κ1) is 19.8. The van der Waals surface area contributed by atoms with Crippen LogP contribution in [-0.4, -0.2) is 29.5 Å². The summed E-state index contributed by atoms with van der Waals surface area (Å²) in [4.78, 5) is 24.3. The summed E-state index contributed by atoms with van der Waals surface area (Å²) >= 11 is 5.79. The molecule has 2 heterocycles. The van der Waals surface area contributed by atoms with E-state index in [9.17, 15) is 9.59 Å². The first-order chi connectivity index (χ1) is 13.4. The van der Waals surface area contributed by atoms with Crippen molar-refractivity contribution in [2.24, 2.45) is 0 Å². The average Bonchev–Trinajstić information content (AvgIpc) is 3.29. The van der Waals surface area contributed by atoms with Gasteiger partial charge in [0.05, 0.1) is 12.8 Å². The van der Waals surface area contributed by atoms with E-state index in [-0.39, 0.29) is 19.0 Å². The molecule has 0 N–H and O–H groups in total. The van der Waals surface area contributed by atoms with Gasteiger partial charge in [-0.05, 0) is 56.3 Å². The summed E-state index contributed by atoms with van der Waals surface area (Å²) in [5.41, 5.74) is 2.25. The Morgan fingerprint density at radius 3 is 2.54 bits per heavy atom. The topological polar surface area (TPSA) is 70.7 Å². The number of furan rings is 1. The van der Waals surface area contributed by atoms with Crippen LogP contribution >= 0.6 is 11.6 Å². The summed E-state index contributed by atoms with van der Waals surface area (Å²) in [6.07, 6.45) is 1.61. The number of ether oxygens (including phenoxy) is 2. The van der Waals surface area contributed by atoms with E-state index in [0.717, 1.165) is 17.1 Å². The molecule has 0 saturated carbocycles. The van der Waals surface area contributed by atoms with Gasteiger partial charge < -0.3 is 18.5 Å². The van der Waals surface area contributed by atoms with Crippen LogP contribution < -0.4 is 4.74 Å². The van der Waals surface area contributed by atoms with Crippen molar-refractivity contribution < 1.29 is 23.5 Å². The zero-order chi connectivity index (χ0) is 20.1. The second kappa shape index (κ2) is 8.80. The van der Waals surface area contributed by atoms with Gasteiger partial charge in [0, 0.05) is 22.0 Å². The van der Waals surface area contributed by atoms with Crippen molar-refractivity contribution >= 4 is 23.4 Å². The van der Waals surface area contributed by atoms with E-state index < -0.39 is 5.97 Å². The van der Waals surface area contributed by atoms with Gasteiger partial charge in [0.2, 0.25) is 5.78 Å². The number of benzene rings is 1. The lowest BCUT2D eigenvalue weighted by molar-refractivity contribution is -0.144. The number of halogens is 1. The number of rotatable bonds is 8. The fourth-order valence-electron chi connectivity index (χ4n) is 2.82. The number of Topliss-reactive ketones (excluding diaryl/α,β-unsaturated/α-hetero) is 1. The van der Waals surface area contributed by atoms with Gasteiger partial charge in [0.15, 0.2) is 13.2 Å². The van der Waals surface area contributed by atoms with Crippen LogP contribution in [0.3, 0.4) is 0 Å². The van der Waals surface area contributed by atoms with E-state index in [4.69, 9.17) is 25.5 Å². The monoisotopic (exact) mass is 401 g/mol. The van der Waals surface area contributed by atoms with E-state index in [1.165, 1.54) is 0 Å². The van der Waals surface area contributed by atoms with Crippen molar-refractivity contribution in [1.29, 1.82) is 0 Å². The molecule has 0 aliphatic carbocycles. The molecule has 0 saturated heterocycles. The van der Waals surface area contributed by atoms with Crippen LogP contribution in [0.5, 0.6) is 5.75 Å². The van der Waals surface area contributed by atoms with Crippen LogP contribution in [0.4, 0.5) is 0 Å². The number of carbonyl (C=O) groups excluding carboxylic acids is 2. The molecule has 1 aromatic carbocycles. The number of aromatic nitrogens is 1. The van der Waals surface area contributed by atoms with Gasteiger partial charge in [-0.1, -0.05) is 11.6 Å². The second-order valence-electron chi connectivity index (χ2n) is 6.28. The lowest BCUT2D eigenvalue weighted by Gasteiger charge is -2.08. The standard InChI is InChI=1S/C21H20ClNO5/c1-14-10-19(15(2)23(14)11-18-4-3-9-26-18)20(24)12-28-21(25)13-27-17-7-5-16(22)6-8-17/h3-10H,11-13H2,1-2H3. The van der Waals surface area contributed by atoms with Crippen molar-refractivity contribution in [3.63, 3.8) is 0 Å². The van der Waals surface area contributed by atoms with Crippen LogP contribution in [0.15, 0.2) is 53.1 Å². The van der Waals surface area contributed by atoms with Crippen LogP contribution in [0.25, 0.3) is 0 Å². The summed E-state index contributed by atoms with van der Waals surface area (Å²) in [7, 11) is 0. The fourth-order valence-corrected chi connectivity index (χ4v) is 2.95. The molecule has 146 valence electrons. The largest absolute Gasteiger partial charge is 0.482 e. The fraction of sp³-hybridized carbons (Fsp3) is 0.238. The predicted octanol–water partition coefficient (Wildman–Crippen LogP) is 4.20. The summed E-state index contributed by atoms with van der Waals surface area (Å²) in [6.45, 7) is 3.68. The number of ketones is 1. The molecule has 6 nitrogen and oxygen atoms in total. The molecule has 0 fully saturated rings. The number of carbonyl (C=O) groups is 2. The molecular weight excluding hydrogens is 382 g/mol. The highest BCUT2D eigenvalue weighted by Gasteiger charge is 2.18.